The van der Waals surface area contributed by atoms with Crippen molar-refractivity contribution in [3.05, 3.63) is 48.0 Å². The summed E-state index contributed by atoms with van der Waals surface area (Å²) >= 11 is 0. The molecule has 0 bridgehead atoms. The van der Waals surface area contributed by atoms with Gasteiger partial charge in [0.15, 0.2) is 0 Å². The van der Waals surface area contributed by atoms with Crippen molar-refractivity contribution >= 4 is 5.69 Å². The zero-order valence-electron chi connectivity index (χ0n) is 10.7. The number of halogens is 1. The van der Waals surface area contributed by atoms with Crippen molar-refractivity contribution in [2.24, 2.45) is 0 Å². The molecule has 0 amide bonds. The molecule has 0 spiro atoms. The van der Waals surface area contributed by atoms with Gasteiger partial charge in [0.2, 0.25) is 5.82 Å². The van der Waals surface area contributed by atoms with Gasteiger partial charge < -0.3 is 10.3 Å². The largest absolute Gasteiger partial charge is 0.397 e. The van der Waals surface area contributed by atoms with E-state index in [1.807, 2.05) is 0 Å². The summed E-state index contributed by atoms with van der Waals surface area (Å²) in [6, 6.07) is 6.46. The molecular weight excluding hydrogens is 259 g/mol. The average molecular weight is 270 g/mol. The van der Waals surface area contributed by atoms with Gasteiger partial charge in [0.1, 0.15) is 5.82 Å². The molecule has 0 fully saturated rings. The predicted octanol–water partition coefficient (Wildman–Crippen LogP) is 2.83. The van der Waals surface area contributed by atoms with Crippen LogP contribution in [0, 0.1) is 12.7 Å². The SMILES string of the molecule is Cc1ccc(-c2noc(-c3ccncc3N)n2)cc1F. The molecule has 2 N–H and O–H groups in total. The van der Waals surface area contributed by atoms with Crippen molar-refractivity contribution in [3.63, 3.8) is 0 Å². The molecular formula is C14H11FN4O. The maximum absolute atomic E-state index is 13.5. The first-order valence-corrected chi connectivity index (χ1v) is 5.95. The Balaban J connectivity index is 2.02. The van der Waals surface area contributed by atoms with Crippen molar-refractivity contribution in [1.82, 2.24) is 15.1 Å². The Labute approximate surface area is 114 Å². The zero-order chi connectivity index (χ0) is 14.1. The summed E-state index contributed by atoms with van der Waals surface area (Å²) < 4.78 is 18.7. The Hall–Kier alpha value is -2.76. The van der Waals surface area contributed by atoms with Gasteiger partial charge in [-0.15, -0.1) is 0 Å². The molecule has 2 heterocycles. The van der Waals surface area contributed by atoms with Crippen molar-refractivity contribution < 1.29 is 8.91 Å². The minimum absolute atomic E-state index is 0.279. The molecule has 3 rings (SSSR count). The quantitative estimate of drug-likeness (QED) is 0.774. The van der Waals surface area contributed by atoms with E-state index in [9.17, 15) is 4.39 Å². The number of anilines is 1. The van der Waals surface area contributed by atoms with Crippen LogP contribution < -0.4 is 5.73 Å². The fraction of sp³-hybridized carbons (Fsp3) is 0.0714. The first kappa shape index (κ1) is 12.3. The lowest BCUT2D eigenvalue weighted by Crippen LogP contribution is -1.91. The van der Waals surface area contributed by atoms with E-state index < -0.39 is 0 Å². The molecule has 0 aliphatic rings. The third kappa shape index (κ3) is 2.11. The van der Waals surface area contributed by atoms with Gasteiger partial charge in [-0.25, -0.2) is 4.39 Å². The van der Waals surface area contributed by atoms with Gasteiger partial charge in [-0.2, -0.15) is 4.98 Å². The Morgan fingerprint density at radius 1 is 1.25 bits per heavy atom. The van der Waals surface area contributed by atoms with Crippen molar-refractivity contribution in [1.29, 1.82) is 0 Å². The van der Waals surface area contributed by atoms with Crippen LogP contribution in [0.2, 0.25) is 0 Å². The first-order chi connectivity index (χ1) is 9.65. The molecule has 100 valence electrons. The highest BCUT2D eigenvalue weighted by molar-refractivity contribution is 5.70. The van der Waals surface area contributed by atoms with Crippen LogP contribution in [0.15, 0.2) is 41.2 Å². The summed E-state index contributed by atoms with van der Waals surface area (Å²) in [7, 11) is 0. The molecule has 0 atom stereocenters. The molecule has 1 aromatic carbocycles. The number of nitrogens with two attached hydrogens (primary N) is 1. The molecule has 0 unspecified atom stereocenters. The molecule has 3 aromatic rings. The van der Waals surface area contributed by atoms with E-state index in [1.54, 1.807) is 31.3 Å². The number of pyridine rings is 1. The summed E-state index contributed by atoms with van der Waals surface area (Å²) in [5.41, 5.74) is 7.96. The van der Waals surface area contributed by atoms with Gasteiger partial charge in [-0.05, 0) is 24.6 Å². The van der Waals surface area contributed by atoms with Gasteiger partial charge in [0.25, 0.3) is 5.89 Å². The smallest absolute Gasteiger partial charge is 0.260 e. The van der Waals surface area contributed by atoms with Crippen LogP contribution in [0.25, 0.3) is 22.8 Å². The van der Waals surface area contributed by atoms with Crippen LogP contribution in [0.1, 0.15) is 5.56 Å². The highest BCUT2D eigenvalue weighted by Gasteiger charge is 2.13. The normalized spacial score (nSPS) is 10.7. The number of nitrogen functional groups attached to an aromatic ring is 1. The molecule has 0 aliphatic carbocycles. The average Bonchev–Trinajstić information content (AvgIpc) is 2.92. The third-order valence-corrected chi connectivity index (χ3v) is 2.94. The van der Waals surface area contributed by atoms with Gasteiger partial charge in [0, 0.05) is 11.8 Å². The highest BCUT2D eigenvalue weighted by Crippen LogP contribution is 2.26. The minimum atomic E-state index is -0.308. The van der Waals surface area contributed by atoms with Gasteiger partial charge >= 0.3 is 0 Å². The van der Waals surface area contributed by atoms with Crippen LogP contribution >= 0.6 is 0 Å². The third-order valence-electron chi connectivity index (χ3n) is 2.94. The molecule has 5 nitrogen and oxygen atoms in total. The van der Waals surface area contributed by atoms with Crippen LogP contribution in [0.3, 0.4) is 0 Å². The molecule has 6 heteroatoms. The number of hydrogen-bond acceptors (Lipinski definition) is 5. The van der Waals surface area contributed by atoms with Gasteiger partial charge in [-0.1, -0.05) is 17.3 Å². The number of aromatic nitrogens is 3. The predicted molar refractivity (Wildman–Crippen MR) is 72.1 cm³/mol. The number of aryl methyl sites for hydroxylation is 1. The summed E-state index contributed by atoms with van der Waals surface area (Å²) in [5, 5.41) is 3.85. The second kappa shape index (κ2) is 4.73. The van der Waals surface area contributed by atoms with Gasteiger partial charge in [-0.3, -0.25) is 4.98 Å². The Morgan fingerprint density at radius 2 is 2.10 bits per heavy atom. The maximum Gasteiger partial charge on any atom is 0.260 e. The van der Waals surface area contributed by atoms with Crippen LogP contribution in [-0.4, -0.2) is 15.1 Å². The second-order valence-electron chi connectivity index (χ2n) is 4.35. The second-order valence-corrected chi connectivity index (χ2v) is 4.35. The molecule has 0 aliphatic heterocycles. The Morgan fingerprint density at radius 3 is 2.85 bits per heavy atom. The molecule has 0 radical (unpaired) electrons. The van der Waals surface area contributed by atoms with E-state index in [2.05, 4.69) is 15.1 Å². The fourth-order valence-corrected chi connectivity index (χ4v) is 1.78. The summed E-state index contributed by atoms with van der Waals surface area (Å²) in [6.45, 7) is 1.69. The van der Waals surface area contributed by atoms with Crippen molar-refractivity contribution in [2.75, 3.05) is 5.73 Å². The van der Waals surface area contributed by atoms with E-state index in [0.29, 0.717) is 28.2 Å². The molecule has 0 saturated carbocycles. The molecule has 0 saturated heterocycles. The van der Waals surface area contributed by atoms with Crippen LogP contribution in [0.5, 0.6) is 0 Å². The van der Waals surface area contributed by atoms with Crippen LogP contribution in [-0.2, 0) is 0 Å². The van der Waals surface area contributed by atoms with E-state index in [0.717, 1.165) is 0 Å². The summed E-state index contributed by atoms with van der Waals surface area (Å²) in [6.07, 6.45) is 3.09. The molecule has 2 aromatic heterocycles. The van der Waals surface area contributed by atoms with Gasteiger partial charge in [0.05, 0.1) is 17.4 Å². The summed E-state index contributed by atoms with van der Waals surface area (Å²) in [4.78, 5) is 8.12. The van der Waals surface area contributed by atoms with Crippen molar-refractivity contribution in [3.8, 4) is 22.8 Å². The topological polar surface area (TPSA) is 77.8 Å². The number of nitrogens with zero attached hydrogens (tertiary/aromatic N) is 3. The Bertz CT molecular complexity index is 769. The lowest BCUT2D eigenvalue weighted by atomic mass is 10.1. The fourth-order valence-electron chi connectivity index (χ4n) is 1.78. The molecule has 20 heavy (non-hydrogen) atoms. The first-order valence-electron chi connectivity index (χ1n) is 5.95. The number of benzene rings is 1. The maximum atomic E-state index is 13.5. The van der Waals surface area contributed by atoms with E-state index in [-0.39, 0.29) is 11.7 Å². The van der Waals surface area contributed by atoms with E-state index >= 15 is 0 Å². The number of rotatable bonds is 2. The lowest BCUT2D eigenvalue weighted by molar-refractivity contribution is 0.432. The minimum Gasteiger partial charge on any atom is -0.397 e. The highest BCUT2D eigenvalue weighted by atomic mass is 19.1. The standard InChI is InChI=1S/C14H11FN4O/c1-8-2-3-9(6-11(8)15)13-18-14(20-19-13)10-4-5-17-7-12(10)16/h2-7H,16H2,1H3. The zero-order valence-corrected chi connectivity index (χ0v) is 10.7. The Kier molecular flexibility index (Phi) is 2.90. The van der Waals surface area contributed by atoms with E-state index in [4.69, 9.17) is 10.3 Å². The number of hydrogen-bond donors (Lipinski definition) is 1. The van der Waals surface area contributed by atoms with E-state index in [1.165, 1.54) is 12.3 Å². The van der Waals surface area contributed by atoms with Crippen molar-refractivity contribution in [2.45, 2.75) is 6.92 Å². The monoisotopic (exact) mass is 270 g/mol. The van der Waals surface area contributed by atoms with Crippen LogP contribution in [0.4, 0.5) is 10.1 Å². The lowest BCUT2D eigenvalue weighted by Gasteiger charge is -1.98. The summed E-state index contributed by atoms with van der Waals surface area (Å²) in [5.74, 6) is 0.285.